The summed E-state index contributed by atoms with van der Waals surface area (Å²) in [4.78, 5) is 23.6. The number of ether oxygens (including phenoxy) is 1. The Morgan fingerprint density at radius 3 is 2.69 bits per heavy atom. The average Bonchev–Trinajstić information content (AvgIpc) is 2.95. The molecule has 6 nitrogen and oxygen atoms in total. The van der Waals surface area contributed by atoms with Crippen molar-refractivity contribution in [2.75, 3.05) is 18.6 Å². The topological polar surface area (TPSA) is 75.0 Å². The Kier molecular flexibility index (Phi) is 3.78. The fourth-order valence-electron chi connectivity index (χ4n) is 3.46. The lowest BCUT2D eigenvalue weighted by Gasteiger charge is -2.30. The largest absolute Gasteiger partial charge is 0.480 e. The third-order valence-electron chi connectivity index (χ3n) is 5.08. The van der Waals surface area contributed by atoms with Gasteiger partial charge < -0.3 is 14.7 Å². The quantitative estimate of drug-likeness (QED) is 0.877. The molecular formula is C19H18ClN3O3. The average molecular weight is 372 g/mol. The Morgan fingerprint density at radius 1 is 1.27 bits per heavy atom. The van der Waals surface area contributed by atoms with Crippen LogP contribution in [0.25, 0.3) is 0 Å². The first-order valence-corrected chi connectivity index (χ1v) is 8.67. The van der Waals surface area contributed by atoms with E-state index < -0.39 is 5.60 Å². The van der Waals surface area contributed by atoms with Crippen LogP contribution < -0.4 is 9.64 Å². The van der Waals surface area contributed by atoms with Crippen LogP contribution in [0.3, 0.4) is 0 Å². The molecule has 134 valence electrons. The molecule has 0 bridgehead atoms. The molecule has 1 aromatic heterocycles. The molecule has 0 aliphatic carbocycles. The van der Waals surface area contributed by atoms with E-state index in [1.807, 2.05) is 19.9 Å². The summed E-state index contributed by atoms with van der Waals surface area (Å²) in [6.07, 6.45) is 1.86. The molecule has 0 spiro atoms. The number of hydrogen-bond donors (Lipinski definition) is 1. The smallest absolute Gasteiger partial charge is 0.232 e. The van der Waals surface area contributed by atoms with Gasteiger partial charge in [0.1, 0.15) is 10.9 Å². The van der Waals surface area contributed by atoms with E-state index in [4.69, 9.17) is 16.3 Å². The van der Waals surface area contributed by atoms with Gasteiger partial charge in [-0.3, -0.25) is 4.79 Å². The number of rotatable bonds is 2. The zero-order valence-electron chi connectivity index (χ0n) is 14.7. The number of methoxy groups -OCH3 is 1. The summed E-state index contributed by atoms with van der Waals surface area (Å²) in [6.45, 7) is 4.36. The molecule has 1 N–H and O–H groups in total. The molecule has 26 heavy (non-hydrogen) atoms. The fourth-order valence-corrected chi connectivity index (χ4v) is 3.70. The van der Waals surface area contributed by atoms with Crippen molar-refractivity contribution in [3.8, 4) is 5.88 Å². The zero-order valence-corrected chi connectivity index (χ0v) is 15.5. The minimum Gasteiger partial charge on any atom is -0.480 e. The number of nitrogens with zero attached hydrogens (tertiary/aromatic N) is 3. The van der Waals surface area contributed by atoms with Crippen molar-refractivity contribution in [3.63, 3.8) is 0 Å². The molecule has 1 aromatic carbocycles. The minimum absolute atomic E-state index is 0.265. The number of pyridine rings is 1. The Hall–Kier alpha value is -2.44. The number of hydrogen-bond acceptors (Lipinski definition) is 6. The highest BCUT2D eigenvalue weighted by Gasteiger charge is 2.52. The number of aliphatic hydroxyl groups is 1. The van der Waals surface area contributed by atoms with Crippen molar-refractivity contribution in [3.05, 3.63) is 46.1 Å². The van der Waals surface area contributed by atoms with Gasteiger partial charge in [0.2, 0.25) is 11.7 Å². The number of aromatic nitrogens is 1. The van der Waals surface area contributed by atoms with Gasteiger partial charge in [0.05, 0.1) is 24.7 Å². The maximum atomic E-state index is 13.0. The van der Waals surface area contributed by atoms with E-state index >= 15 is 0 Å². The summed E-state index contributed by atoms with van der Waals surface area (Å²) in [7, 11) is 1.49. The normalized spacial score (nSPS) is 21.3. The first-order chi connectivity index (χ1) is 12.3. The SMILES string of the molecule is COc1ncc(N2CCC3(O)C(=O)c4cc(C)c(C)cc4N=C23)cc1Cl. The summed E-state index contributed by atoms with van der Waals surface area (Å²) >= 11 is 6.18. The Bertz CT molecular complexity index is 973. The highest BCUT2D eigenvalue weighted by atomic mass is 35.5. The number of aliphatic imine (C=N–C) groups is 1. The van der Waals surface area contributed by atoms with E-state index in [1.54, 1.807) is 23.2 Å². The number of anilines is 1. The van der Waals surface area contributed by atoms with Crippen molar-refractivity contribution in [1.82, 2.24) is 4.98 Å². The van der Waals surface area contributed by atoms with Gasteiger partial charge in [-0.05, 0) is 43.2 Å². The molecule has 1 saturated heterocycles. The van der Waals surface area contributed by atoms with Crippen molar-refractivity contribution in [1.29, 1.82) is 0 Å². The van der Waals surface area contributed by atoms with Crippen molar-refractivity contribution in [2.45, 2.75) is 25.9 Å². The van der Waals surface area contributed by atoms with Crippen molar-refractivity contribution < 1.29 is 14.6 Å². The minimum atomic E-state index is -1.62. The summed E-state index contributed by atoms with van der Waals surface area (Å²) in [5, 5.41) is 11.4. The van der Waals surface area contributed by atoms with Crippen molar-refractivity contribution >= 4 is 34.6 Å². The fraction of sp³-hybridized carbons (Fsp3) is 0.316. The molecule has 1 unspecified atom stereocenters. The first kappa shape index (κ1) is 17.0. The van der Waals surface area contributed by atoms with E-state index in [9.17, 15) is 9.90 Å². The molecule has 2 aliphatic heterocycles. The van der Waals surface area contributed by atoms with Crippen LogP contribution >= 0.6 is 11.6 Å². The van der Waals surface area contributed by atoms with Crippen LogP contribution in [0.4, 0.5) is 11.4 Å². The number of fused-ring (bicyclic) bond motifs is 2. The lowest BCUT2D eigenvalue weighted by Crippen LogP contribution is -2.48. The molecule has 7 heteroatoms. The van der Waals surface area contributed by atoms with Crippen LogP contribution in [-0.2, 0) is 0 Å². The predicted molar refractivity (Wildman–Crippen MR) is 100 cm³/mol. The van der Waals surface area contributed by atoms with Crippen LogP contribution in [0.1, 0.15) is 27.9 Å². The molecular weight excluding hydrogens is 354 g/mol. The van der Waals surface area contributed by atoms with Gasteiger partial charge in [-0.15, -0.1) is 0 Å². The molecule has 2 aromatic rings. The number of ketones is 1. The van der Waals surface area contributed by atoms with Crippen LogP contribution in [0.5, 0.6) is 5.88 Å². The molecule has 4 rings (SSSR count). The third-order valence-corrected chi connectivity index (χ3v) is 5.35. The number of benzene rings is 1. The van der Waals surface area contributed by atoms with Gasteiger partial charge in [0, 0.05) is 18.5 Å². The van der Waals surface area contributed by atoms with Crippen LogP contribution in [-0.4, -0.2) is 41.0 Å². The van der Waals surface area contributed by atoms with Crippen LogP contribution in [0.2, 0.25) is 5.02 Å². The molecule has 0 saturated carbocycles. The summed E-state index contributed by atoms with van der Waals surface area (Å²) < 4.78 is 5.08. The van der Waals surface area contributed by atoms with Gasteiger partial charge in [-0.2, -0.15) is 0 Å². The highest BCUT2D eigenvalue weighted by molar-refractivity contribution is 6.32. The lowest BCUT2D eigenvalue weighted by atomic mass is 9.86. The zero-order chi connectivity index (χ0) is 18.6. The molecule has 1 fully saturated rings. The molecule has 1 atom stereocenters. The summed E-state index contributed by atoms with van der Waals surface area (Å²) in [5.41, 5.74) is 2.13. The number of halogens is 1. The standard InChI is InChI=1S/C19H18ClN3O3/c1-10-6-13-15(7-11(10)2)22-18-19(25,16(13)24)4-5-23(18)12-8-14(20)17(26-3)21-9-12/h6-9,25H,4-5H2,1-3H3. The number of carbonyl (C=O) groups is 1. The number of carbonyl (C=O) groups excluding carboxylic acids is 1. The second-order valence-corrected chi connectivity index (χ2v) is 7.07. The number of amidine groups is 1. The monoisotopic (exact) mass is 371 g/mol. The number of Topliss-reactive ketones (excluding diaryl/α,β-unsaturated/α-hetero) is 1. The summed E-state index contributed by atoms with van der Waals surface area (Å²) in [5.74, 6) is 0.333. The number of aryl methyl sites for hydroxylation is 2. The van der Waals surface area contributed by atoms with E-state index in [-0.39, 0.29) is 12.2 Å². The van der Waals surface area contributed by atoms with Gasteiger partial charge in [0.15, 0.2) is 5.60 Å². The van der Waals surface area contributed by atoms with E-state index in [2.05, 4.69) is 9.98 Å². The lowest BCUT2D eigenvalue weighted by molar-refractivity contribution is 0.0602. The second-order valence-electron chi connectivity index (χ2n) is 6.66. The predicted octanol–water partition coefficient (Wildman–Crippen LogP) is 3.23. The van der Waals surface area contributed by atoms with Crippen molar-refractivity contribution in [2.24, 2.45) is 4.99 Å². The third kappa shape index (κ3) is 2.33. The molecule has 2 aliphatic rings. The van der Waals surface area contributed by atoms with Gasteiger partial charge >= 0.3 is 0 Å². The van der Waals surface area contributed by atoms with E-state index in [0.717, 1.165) is 11.1 Å². The maximum Gasteiger partial charge on any atom is 0.232 e. The Morgan fingerprint density at radius 2 is 2.00 bits per heavy atom. The van der Waals surface area contributed by atoms with E-state index in [1.165, 1.54) is 7.11 Å². The van der Waals surface area contributed by atoms with Crippen LogP contribution in [0.15, 0.2) is 29.4 Å². The second kappa shape index (κ2) is 5.79. The Balaban J connectivity index is 1.84. The first-order valence-electron chi connectivity index (χ1n) is 8.30. The maximum absolute atomic E-state index is 13.0. The summed E-state index contributed by atoms with van der Waals surface area (Å²) in [6, 6.07) is 5.38. The van der Waals surface area contributed by atoms with Crippen LogP contribution in [0, 0.1) is 13.8 Å². The van der Waals surface area contributed by atoms with E-state index in [0.29, 0.717) is 40.2 Å². The van der Waals surface area contributed by atoms with Gasteiger partial charge in [-0.25, -0.2) is 9.98 Å². The molecule has 3 heterocycles. The molecule has 0 radical (unpaired) electrons. The van der Waals surface area contributed by atoms with Gasteiger partial charge in [-0.1, -0.05) is 11.6 Å². The van der Waals surface area contributed by atoms with Gasteiger partial charge in [0.25, 0.3) is 0 Å². The highest BCUT2D eigenvalue weighted by Crippen LogP contribution is 2.41. The molecule has 0 amide bonds. The Labute approximate surface area is 156 Å².